The lowest BCUT2D eigenvalue weighted by Gasteiger charge is -2.16. The molecule has 0 amide bonds. The third kappa shape index (κ3) is 5.32. The van der Waals surface area contributed by atoms with E-state index in [2.05, 4.69) is 10.2 Å². The summed E-state index contributed by atoms with van der Waals surface area (Å²) in [6, 6.07) is 4.84. The Morgan fingerprint density at radius 2 is 1.53 bits per heavy atom. The SMILES string of the molecule is Cc1ccc(NP(N)(N)=O)cc1NP(N)(N)=O. The molecule has 8 nitrogen and oxygen atoms in total. The van der Waals surface area contributed by atoms with E-state index in [-0.39, 0.29) is 0 Å². The summed E-state index contributed by atoms with van der Waals surface area (Å²) >= 11 is 0. The van der Waals surface area contributed by atoms with Crippen molar-refractivity contribution >= 4 is 26.6 Å². The second-order valence-corrected chi connectivity index (χ2v) is 6.96. The van der Waals surface area contributed by atoms with Gasteiger partial charge in [0.25, 0.3) is 15.2 Å². The van der Waals surface area contributed by atoms with Crippen LogP contribution in [-0.4, -0.2) is 0 Å². The van der Waals surface area contributed by atoms with E-state index in [1.807, 2.05) is 0 Å². The zero-order valence-electron chi connectivity index (χ0n) is 9.25. The van der Waals surface area contributed by atoms with Gasteiger partial charge in [-0.1, -0.05) is 6.07 Å². The highest BCUT2D eigenvalue weighted by molar-refractivity contribution is 7.60. The molecule has 10 N–H and O–H groups in total. The first-order valence-corrected chi connectivity index (χ1v) is 8.27. The lowest BCUT2D eigenvalue weighted by Crippen LogP contribution is -2.15. The molecule has 0 heterocycles. The average Bonchev–Trinajstić information content (AvgIpc) is 2.05. The fourth-order valence-corrected chi connectivity index (χ4v) is 2.36. The van der Waals surface area contributed by atoms with Crippen LogP contribution in [-0.2, 0) is 9.13 Å². The van der Waals surface area contributed by atoms with Crippen molar-refractivity contribution in [3.63, 3.8) is 0 Å². The van der Waals surface area contributed by atoms with Crippen LogP contribution in [0.3, 0.4) is 0 Å². The van der Waals surface area contributed by atoms with Crippen LogP contribution in [0, 0.1) is 6.92 Å². The van der Waals surface area contributed by atoms with Gasteiger partial charge in [0, 0.05) is 11.4 Å². The van der Waals surface area contributed by atoms with E-state index >= 15 is 0 Å². The molecule has 1 aromatic rings. The third-order valence-corrected chi connectivity index (χ3v) is 3.03. The van der Waals surface area contributed by atoms with Crippen molar-refractivity contribution in [2.75, 3.05) is 10.2 Å². The van der Waals surface area contributed by atoms with Crippen molar-refractivity contribution in [2.24, 2.45) is 22.0 Å². The van der Waals surface area contributed by atoms with Crippen LogP contribution in [0.4, 0.5) is 11.4 Å². The summed E-state index contributed by atoms with van der Waals surface area (Å²) in [6.45, 7) is 1.77. The van der Waals surface area contributed by atoms with Gasteiger partial charge in [0.15, 0.2) is 0 Å². The highest BCUT2D eigenvalue weighted by Crippen LogP contribution is 2.34. The number of hydrogen-bond donors (Lipinski definition) is 6. The minimum Gasteiger partial charge on any atom is -0.313 e. The second kappa shape index (κ2) is 4.78. The van der Waals surface area contributed by atoms with Gasteiger partial charge in [-0.05, 0) is 24.6 Å². The molecule has 96 valence electrons. The molecule has 0 unspecified atom stereocenters. The quantitative estimate of drug-likeness (QED) is 0.442. The summed E-state index contributed by atoms with van der Waals surface area (Å²) in [7, 11) is -6.78. The number of aryl methyl sites for hydroxylation is 1. The van der Waals surface area contributed by atoms with Gasteiger partial charge in [-0.2, -0.15) is 0 Å². The summed E-state index contributed by atoms with van der Waals surface area (Å²) in [4.78, 5) is 0. The van der Waals surface area contributed by atoms with Gasteiger partial charge >= 0.3 is 0 Å². The monoisotopic (exact) mass is 278 g/mol. The molecular formula is C7H16N6O2P2. The lowest BCUT2D eigenvalue weighted by atomic mass is 10.2. The maximum atomic E-state index is 11.3. The van der Waals surface area contributed by atoms with E-state index < -0.39 is 15.2 Å². The van der Waals surface area contributed by atoms with Crippen molar-refractivity contribution in [1.82, 2.24) is 0 Å². The Morgan fingerprint density at radius 3 is 2.00 bits per heavy atom. The van der Waals surface area contributed by atoms with Crippen LogP contribution in [0.5, 0.6) is 0 Å². The number of nitrogens with two attached hydrogens (primary N) is 4. The van der Waals surface area contributed by atoms with Crippen LogP contribution < -0.4 is 32.2 Å². The van der Waals surface area contributed by atoms with Gasteiger partial charge in [0.05, 0.1) is 0 Å². The Bertz CT molecular complexity index is 507. The first-order valence-electron chi connectivity index (χ1n) is 4.58. The van der Waals surface area contributed by atoms with Crippen LogP contribution in [0.1, 0.15) is 5.56 Å². The number of benzene rings is 1. The van der Waals surface area contributed by atoms with E-state index in [9.17, 15) is 9.13 Å². The Kier molecular flexibility index (Phi) is 3.99. The summed E-state index contributed by atoms with van der Waals surface area (Å²) < 4.78 is 22.4. The van der Waals surface area contributed by atoms with Crippen LogP contribution in [0.25, 0.3) is 0 Å². The topological polar surface area (TPSA) is 162 Å². The molecule has 0 aliphatic heterocycles. The first kappa shape index (κ1) is 14.2. The van der Waals surface area contributed by atoms with E-state index in [0.717, 1.165) is 5.56 Å². The second-order valence-electron chi connectivity index (χ2n) is 3.67. The highest BCUT2D eigenvalue weighted by Gasteiger charge is 2.12. The molecule has 0 saturated heterocycles. The highest BCUT2D eigenvalue weighted by atomic mass is 31.2. The molecule has 0 radical (unpaired) electrons. The van der Waals surface area contributed by atoms with Gasteiger partial charge < -0.3 is 10.2 Å². The van der Waals surface area contributed by atoms with Crippen LogP contribution >= 0.6 is 15.2 Å². The molecule has 0 aromatic heterocycles. The van der Waals surface area contributed by atoms with Crippen molar-refractivity contribution in [2.45, 2.75) is 6.92 Å². The van der Waals surface area contributed by atoms with E-state index in [0.29, 0.717) is 11.4 Å². The molecule has 1 rings (SSSR count). The zero-order valence-corrected chi connectivity index (χ0v) is 11.0. The number of rotatable bonds is 4. The maximum absolute atomic E-state index is 11.3. The van der Waals surface area contributed by atoms with Crippen molar-refractivity contribution < 1.29 is 9.13 Å². The Morgan fingerprint density at radius 1 is 1.00 bits per heavy atom. The Labute approximate surface area is 99.2 Å². The molecule has 1 aromatic carbocycles. The van der Waals surface area contributed by atoms with Gasteiger partial charge in [-0.3, -0.25) is 31.1 Å². The first-order chi connectivity index (χ1) is 7.57. The number of nitrogens with one attached hydrogen (secondary N) is 2. The molecule has 0 aliphatic rings. The largest absolute Gasteiger partial charge is 0.313 e. The normalized spacial score (nSPS) is 12.3. The number of anilines is 2. The zero-order chi connectivity index (χ0) is 13.3. The van der Waals surface area contributed by atoms with Crippen molar-refractivity contribution in [3.8, 4) is 0 Å². The van der Waals surface area contributed by atoms with Crippen molar-refractivity contribution in [1.29, 1.82) is 0 Å². The molecule has 0 saturated carbocycles. The number of hydrogen-bond acceptors (Lipinski definition) is 2. The fourth-order valence-electron chi connectivity index (χ4n) is 1.20. The van der Waals surface area contributed by atoms with E-state index in [1.54, 1.807) is 19.1 Å². The standard InChI is InChI=1S/C7H16N6O2P2/c1-5-2-3-6(12-16(8,9)14)4-7(5)13-17(10,11)15/h2-4H,1H3,(H5,8,9,12,14)(H5,10,11,13,15). The molecule has 0 atom stereocenters. The smallest absolute Gasteiger partial charge is 0.298 e. The molecule has 0 spiro atoms. The Hall–Kier alpha value is -0.880. The molecule has 0 bridgehead atoms. The minimum absolute atomic E-state index is 0.417. The van der Waals surface area contributed by atoms with Gasteiger partial charge in [-0.25, -0.2) is 0 Å². The van der Waals surface area contributed by atoms with Crippen LogP contribution in [0.15, 0.2) is 18.2 Å². The summed E-state index contributed by atoms with van der Waals surface area (Å²) in [5, 5.41) is 4.91. The Balaban J connectivity index is 3.03. The molecule has 10 heteroatoms. The molecule has 0 aliphatic carbocycles. The van der Waals surface area contributed by atoms with Gasteiger partial charge in [0.2, 0.25) is 0 Å². The van der Waals surface area contributed by atoms with E-state index in [1.165, 1.54) is 6.07 Å². The lowest BCUT2D eigenvalue weighted by molar-refractivity contribution is 0.579. The van der Waals surface area contributed by atoms with Crippen LogP contribution in [0.2, 0.25) is 0 Å². The predicted molar refractivity (Wildman–Crippen MR) is 70.4 cm³/mol. The van der Waals surface area contributed by atoms with Crippen molar-refractivity contribution in [3.05, 3.63) is 23.8 Å². The summed E-state index contributed by atoms with van der Waals surface area (Å²) in [5.74, 6) is 0. The van der Waals surface area contributed by atoms with E-state index in [4.69, 9.17) is 22.0 Å². The molecular weight excluding hydrogens is 262 g/mol. The maximum Gasteiger partial charge on any atom is 0.298 e. The predicted octanol–water partition coefficient (Wildman–Crippen LogP) is 0.870. The average molecular weight is 278 g/mol. The summed E-state index contributed by atoms with van der Waals surface area (Å²) in [6.07, 6.45) is 0. The third-order valence-electron chi connectivity index (χ3n) is 1.84. The molecule has 17 heavy (non-hydrogen) atoms. The summed E-state index contributed by atoms with van der Waals surface area (Å²) in [5.41, 5.74) is 22.4. The minimum atomic E-state index is -3.39. The molecule has 0 fully saturated rings. The van der Waals surface area contributed by atoms with Gasteiger partial charge in [0.1, 0.15) is 0 Å². The van der Waals surface area contributed by atoms with Gasteiger partial charge in [-0.15, -0.1) is 0 Å². The fraction of sp³-hybridized carbons (Fsp3) is 0.143.